The molecule has 1 heterocycles. The number of hydrogen-bond donors (Lipinski definition) is 0. The average Bonchev–Trinajstić information content (AvgIpc) is 2.82. The molecule has 5 nitrogen and oxygen atoms in total. The first-order chi connectivity index (χ1) is 8.67. The van der Waals surface area contributed by atoms with Crippen LogP contribution < -0.4 is 0 Å². The Balaban J connectivity index is 2.93. The summed E-state index contributed by atoms with van der Waals surface area (Å²) in [5, 5.41) is 13.0. The number of rotatable bonds is 6. The molecule has 0 atom stereocenters. The maximum absolute atomic E-state index is 12.3. The Morgan fingerprint density at radius 3 is 2.72 bits per heavy atom. The molecule has 1 amide bonds. The molecule has 98 valence electrons. The second-order valence-electron chi connectivity index (χ2n) is 3.98. The van der Waals surface area contributed by atoms with Crippen molar-refractivity contribution in [3.8, 4) is 6.07 Å². The van der Waals surface area contributed by atoms with E-state index in [1.165, 1.54) is 0 Å². The summed E-state index contributed by atoms with van der Waals surface area (Å²) in [4.78, 5) is 14.0. The highest BCUT2D eigenvalue weighted by molar-refractivity contribution is 5.92. The molecule has 0 fully saturated rings. The fraction of sp³-hybridized carbons (Fsp3) is 0.615. The Labute approximate surface area is 108 Å². The number of carbonyl (C=O) groups excluding carboxylic acids is 1. The fourth-order valence-corrected chi connectivity index (χ4v) is 1.81. The smallest absolute Gasteiger partial charge is 0.272 e. The van der Waals surface area contributed by atoms with Gasteiger partial charge in [-0.1, -0.05) is 6.92 Å². The largest absolute Gasteiger partial charge is 0.337 e. The molecule has 0 aliphatic heterocycles. The Morgan fingerprint density at radius 2 is 2.22 bits per heavy atom. The fourth-order valence-electron chi connectivity index (χ4n) is 1.81. The summed E-state index contributed by atoms with van der Waals surface area (Å²) in [7, 11) is 0. The summed E-state index contributed by atoms with van der Waals surface area (Å²) in [5.41, 5.74) is 1.55. The molecule has 0 aliphatic rings. The van der Waals surface area contributed by atoms with Crippen molar-refractivity contribution in [1.82, 2.24) is 14.7 Å². The third-order valence-corrected chi connectivity index (χ3v) is 2.87. The first kappa shape index (κ1) is 14.2. The van der Waals surface area contributed by atoms with Crippen molar-refractivity contribution in [3.05, 3.63) is 17.5 Å². The van der Waals surface area contributed by atoms with Crippen LogP contribution in [0.2, 0.25) is 0 Å². The predicted molar refractivity (Wildman–Crippen MR) is 69.1 cm³/mol. The lowest BCUT2D eigenvalue weighted by molar-refractivity contribution is 0.0755. The summed E-state index contributed by atoms with van der Waals surface area (Å²) in [5.74, 6) is -0.0400. The van der Waals surface area contributed by atoms with Crippen molar-refractivity contribution in [2.24, 2.45) is 0 Å². The molecular weight excluding hydrogens is 228 g/mol. The van der Waals surface area contributed by atoms with Gasteiger partial charge in [0.2, 0.25) is 0 Å². The molecule has 0 N–H and O–H groups in total. The van der Waals surface area contributed by atoms with Gasteiger partial charge in [-0.3, -0.25) is 9.48 Å². The molecule has 1 aromatic heterocycles. The molecule has 0 aromatic carbocycles. The lowest BCUT2D eigenvalue weighted by atomic mass is 10.2. The van der Waals surface area contributed by atoms with E-state index >= 15 is 0 Å². The Morgan fingerprint density at radius 1 is 1.50 bits per heavy atom. The number of carbonyl (C=O) groups is 1. The van der Waals surface area contributed by atoms with E-state index in [1.54, 1.807) is 9.58 Å². The van der Waals surface area contributed by atoms with E-state index < -0.39 is 0 Å². The number of aromatic nitrogens is 2. The summed E-state index contributed by atoms with van der Waals surface area (Å²) >= 11 is 0. The molecule has 0 unspecified atom stereocenters. The molecule has 0 saturated heterocycles. The third kappa shape index (κ3) is 3.10. The van der Waals surface area contributed by atoms with E-state index in [4.69, 9.17) is 5.26 Å². The van der Waals surface area contributed by atoms with Crippen LogP contribution in [0.25, 0.3) is 0 Å². The molecule has 0 radical (unpaired) electrons. The minimum Gasteiger partial charge on any atom is -0.337 e. The van der Waals surface area contributed by atoms with E-state index in [1.807, 2.05) is 26.8 Å². The maximum atomic E-state index is 12.3. The molecule has 18 heavy (non-hydrogen) atoms. The highest BCUT2D eigenvalue weighted by atomic mass is 16.2. The van der Waals surface area contributed by atoms with E-state index in [9.17, 15) is 4.79 Å². The van der Waals surface area contributed by atoms with E-state index in [2.05, 4.69) is 11.2 Å². The summed E-state index contributed by atoms with van der Waals surface area (Å²) < 4.78 is 1.73. The minimum absolute atomic E-state index is 0.0400. The lowest BCUT2D eigenvalue weighted by Gasteiger charge is -2.19. The van der Waals surface area contributed by atoms with E-state index in [0.717, 1.165) is 12.1 Å². The van der Waals surface area contributed by atoms with Gasteiger partial charge in [-0.05, 0) is 26.3 Å². The molecule has 1 rings (SSSR count). The molecule has 5 heteroatoms. The number of amides is 1. The molecule has 0 spiro atoms. The van der Waals surface area contributed by atoms with Crippen LogP contribution in [0.3, 0.4) is 0 Å². The van der Waals surface area contributed by atoms with Gasteiger partial charge < -0.3 is 4.90 Å². The second-order valence-corrected chi connectivity index (χ2v) is 3.98. The van der Waals surface area contributed by atoms with Crippen LogP contribution in [0.15, 0.2) is 6.07 Å². The number of hydrogen-bond acceptors (Lipinski definition) is 3. The summed E-state index contributed by atoms with van der Waals surface area (Å²) in [6.45, 7) is 7.66. The van der Waals surface area contributed by atoms with Crippen LogP contribution in [0.5, 0.6) is 0 Å². The monoisotopic (exact) mass is 248 g/mol. The van der Waals surface area contributed by atoms with Gasteiger partial charge in [0.1, 0.15) is 5.69 Å². The second kappa shape index (κ2) is 6.80. The van der Waals surface area contributed by atoms with Crippen molar-refractivity contribution in [3.63, 3.8) is 0 Å². The zero-order valence-electron chi connectivity index (χ0n) is 11.3. The van der Waals surface area contributed by atoms with Crippen LogP contribution in [0.1, 0.15) is 43.4 Å². The predicted octanol–water partition coefficient (Wildman–Crippen LogP) is 1.84. The number of nitriles is 1. The highest BCUT2D eigenvalue weighted by Crippen LogP contribution is 2.09. The lowest BCUT2D eigenvalue weighted by Crippen LogP contribution is -2.33. The minimum atomic E-state index is -0.0400. The average molecular weight is 248 g/mol. The topological polar surface area (TPSA) is 61.9 Å². The zero-order valence-corrected chi connectivity index (χ0v) is 11.3. The molecule has 0 bridgehead atoms. The van der Waals surface area contributed by atoms with Crippen molar-refractivity contribution < 1.29 is 4.79 Å². The summed E-state index contributed by atoms with van der Waals surface area (Å²) in [6.07, 6.45) is 1.18. The summed E-state index contributed by atoms with van der Waals surface area (Å²) in [6, 6.07) is 3.92. The normalized spacial score (nSPS) is 10.1. The van der Waals surface area contributed by atoms with Gasteiger partial charge in [0.15, 0.2) is 0 Å². The highest BCUT2D eigenvalue weighted by Gasteiger charge is 2.19. The van der Waals surface area contributed by atoms with Crippen LogP contribution >= 0.6 is 0 Å². The molecule has 0 saturated carbocycles. The van der Waals surface area contributed by atoms with E-state index in [0.29, 0.717) is 31.7 Å². The Kier molecular flexibility index (Phi) is 5.37. The van der Waals surface area contributed by atoms with E-state index in [-0.39, 0.29) is 5.91 Å². The van der Waals surface area contributed by atoms with Crippen LogP contribution in [0.4, 0.5) is 0 Å². The van der Waals surface area contributed by atoms with Gasteiger partial charge >= 0.3 is 0 Å². The molecule has 0 aliphatic carbocycles. The third-order valence-electron chi connectivity index (χ3n) is 2.87. The van der Waals surface area contributed by atoms with Crippen molar-refractivity contribution in [2.45, 2.75) is 40.2 Å². The van der Waals surface area contributed by atoms with Gasteiger partial charge in [-0.2, -0.15) is 10.4 Å². The van der Waals surface area contributed by atoms with Gasteiger partial charge in [-0.15, -0.1) is 0 Å². The van der Waals surface area contributed by atoms with Gasteiger partial charge in [-0.25, -0.2) is 0 Å². The van der Waals surface area contributed by atoms with Crippen LogP contribution in [-0.2, 0) is 13.0 Å². The Bertz CT molecular complexity index is 444. The number of aryl methyl sites for hydroxylation is 2. The van der Waals surface area contributed by atoms with Crippen molar-refractivity contribution in [2.75, 3.05) is 13.1 Å². The maximum Gasteiger partial charge on any atom is 0.272 e. The SMILES string of the molecule is CCc1cc(C(=O)N(CC)CCC#N)n(CC)n1. The van der Waals surface area contributed by atoms with Crippen LogP contribution in [0, 0.1) is 11.3 Å². The standard InChI is InChI=1S/C13H20N4O/c1-4-11-10-12(17(6-3)15-11)13(18)16(5-2)9-7-8-14/h10H,4-7,9H2,1-3H3. The van der Waals surface area contributed by atoms with Gasteiger partial charge in [0.05, 0.1) is 18.2 Å². The number of nitrogens with zero attached hydrogens (tertiary/aromatic N) is 4. The first-order valence-corrected chi connectivity index (χ1v) is 6.40. The van der Waals surface area contributed by atoms with Crippen molar-refractivity contribution in [1.29, 1.82) is 5.26 Å². The molecule has 1 aromatic rings. The van der Waals surface area contributed by atoms with Crippen molar-refractivity contribution >= 4 is 5.91 Å². The Hall–Kier alpha value is -1.83. The van der Waals surface area contributed by atoms with Gasteiger partial charge in [0.25, 0.3) is 5.91 Å². The first-order valence-electron chi connectivity index (χ1n) is 6.40. The zero-order chi connectivity index (χ0) is 13.5. The molecular formula is C13H20N4O. The van der Waals surface area contributed by atoms with Gasteiger partial charge in [0, 0.05) is 19.6 Å². The quantitative estimate of drug-likeness (QED) is 0.771. The van der Waals surface area contributed by atoms with Crippen LogP contribution in [-0.4, -0.2) is 33.7 Å².